The summed E-state index contributed by atoms with van der Waals surface area (Å²) in [6.07, 6.45) is 2.76. The fourth-order valence-electron chi connectivity index (χ4n) is 2.63. The monoisotopic (exact) mass is 286 g/mol. The van der Waals surface area contributed by atoms with E-state index < -0.39 is 17.5 Å². The van der Waals surface area contributed by atoms with Crippen molar-refractivity contribution in [3.05, 3.63) is 0 Å². The van der Waals surface area contributed by atoms with Crippen molar-refractivity contribution in [2.45, 2.75) is 51.2 Å². The minimum atomic E-state index is -1.20. The Morgan fingerprint density at radius 2 is 1.95 bits per heavy atom. The first-order valence-electron chi connectivity index (χ1n) is 6.72. The SMILES string of the molecule is CC(C)(C)[S+]([O-])/N=C1\CCC12CCN(C(=O)O)CC2. The Morgan fingerprint density at radius 1 is 1.37 bits per heavy atom. The zero-order valence-corrected chi connectivity index (χ0v) is 12.6. The van der Waals surface area contributed by atoms with Gasteiger partial charge in [-0.3, -0.25) is 0 Å². The normalized spacial score (nSPS) is 26.3. The second-order valence-corrected chi connectivity index (χ2v) is 8.36. The molecule has 2 fully saturated rings. The Hall–Kier alpha value is -0.750. The van der Waals surface area contributed by atoms with Crippen molar-refractivity contribution in [1.29, 1.82) is 0 Å². The van der Waals surface area contributed by atoms with E-state index >= 15 is 0 Å². The quantitative estimate of drug-likeness (QED) is 0.752. The molecule has 1 unspecified atom stereocenters. The van der Waals surface area contributed by atoms with Gasteiger partial charge in [0.15, 0.2) is 0 Å². The van der Waals surface area contributed by atoms with Crippen molar-refractivity contribution in [2.75, 3.05) is 13.1 Å². The van der Waals surface area contributed by atoms with Crippen molar-refractivity contribution >= 4 is 23.2 Å². The third kappa shape index (κ3) is 2.89. The molecule has 1 amide bonds. The Labute approximate surface area is 117 Å². The van der Waals surface area contributed by atoms with Crippen LogP contribution in [0.3, 0.4) is 0 Å². The van der Waals surface area contributed by atoms with Crippen LogP contribution in [0.2, 0.25) is 0 Å². The number of nitrogens with zero attached hydrogens (tertiary/aromatic N) is 2. The lowest BCUT2D eigenvalue weighted by Crippen LogP contribution is -2.51. The summed E-state index contributed by atoms with van der Waals surface area (Å²) in [5.74, 6) is 0. The smallest absolute Gasteiger partial charge is 0.407 e. The zero-order valence-electron chi connectivity index (χ0n) is 11.8. The molecule has 1 aliphatic heterocycles. The minimum absolute atomic E-state index is 0.0346. The van der Waals surface area contributed by atoms with Gasteiger partial charge in [0.2, 0.25) is 0 Å². The van der Waals surface area contributed by atoms with E-state index in [1.54, 1.807) is 0 Å². The zero-order chi connectivity index (χ0) is 14.3. The number of amides is 1. The van der Waals surface area contributed by atoms with Crippen LogP contribution in [0.25, 0.3) is 0 Å². The van der Waals surface area contributed by atoms with Crippen molar-refractivity contribution in [1.82, 2.24) is 4.90 Å². The summed E-state index contributed by atoms with van der Waals surface area (Å²) in [5.41, 5.74) is 1.08. The van der Waals surface area contributed by atoms with Gasteiger partial charge in [-0.1, -0.05) is 4.40 Å². The fourth-order valence-corrected chi connectivity index (χ4v) is 3.39. The third-order valence-electron chi connectivity index (χ3n) is 4.16. The van der Waals surface area contributed by atoms with E-state index in [1.165, 1.54) is 4.90 Å². The van der Waals surface area contributed by atoms with E-state index in [0.717, 1.165) is 31.4 Å². The second kappa shape index (κ2) is 4.98. The number of likely N-dealkylation sites (tertiary alicyclic amines) is 1. The minimum Gasteiger partial charge on any atom is -0.591 e. The van der Waals surface area contributed by atoms with Crippen LogP contribution in [0.5, 0.6) is 0 Å². The summed E-state index contributed by atoms with van der Waals surface area (Å²) in [4.78, 5) is 12.4. The maximum absolute atomic E-state index is 12.1. The highest BCUT2D eigenvalue weighted by Gasteiger charge is 2.48. The van der Waals surface area contributed by atoms with E-state index in [-0.39, 0.29) is 10.2 Å². The molecule has 1 saturated carbocycles. The highest BCUT2D eigenvalue weighted by atomic mass is 32.2. The van der Waals surface area contributed by atoms with Crippen LogP contribution >= 0.6 is 0 Å². The molecule has 1 heterocycles. The lowest BCUT2D eigenvalue weighted by Gasteiger charge is -2.47. The van der Waals surface area contributed by atoms with Gasteiger partial charge in [-0.25, -0.2) is 4.79 Å². The molecule has 1 saturated heterocycles. The van der Waals surface area contributed by atoms with E-state index in [9.17, 15) is 9.35 Å². The number of carbonyl (C=O) groups is 1. The molecule has 2 rings (SSSR count). The van der Waals surface area contributed by atoms with Gasteiger partial charge in [0.25, 0.3) is 0 Å². The van der Waals surface area contributed by atoms with Gasteiger partial charge in [-0.15, -0.1) is 0 Å². The Bertz CT molecular complexity index is 395. The van der Waals surface area contributed by atoms with Gasteiger partial charge < -0.3 is 14.6 Å². The van der Waals surface area contributed by atoms with E-state index in [2.05, 4.69) is 4.40 Å². The predicted octanol–water partition coefficient (Wildman–Crippen LogP) is 2.44. The maximum Gasteiger partial charge on any atom is 0.407 e. The Morgan fingerprint density at radius 3 is 2.32 bits per heavy atom. The van der Waals surface area contributed by atoms with Crippen molar-refractivity contribution in [3.63, 3.8) is 0 Å². The standard InChI is InChI=1S/C13H22N2O3S/c1-12(2,3)19(18)14-10-4-5-13(10)6-8-15(9-7-13)11(16)17/h4-9H2,1-3H3,(H,16,17)/b14-10+. The summed E-state index contributed by atoms with van der Waals surface area (Å²) in [7, 11) is 0. The summed E-state index contributed by atoms with van der Waals surface area (Å²) in [6, 6.07) is 0. The Kier molecular flexibility index (Phi) is 3.84. The summed E-state index contributed by atoms with van der Waals surface area (Å²) < 4.78 is 16.2. The number of piperidine rings is 1. The average molecular weight is 286 g/mol. The first-order chi connectivity index (χ1) is 8.74. The van der Waals surface area contributed by atoms with Crippen LogP contribution in [0.15, 0.2) is 4.40 Å². The molecular formula is C13H22N2O3S. The van der Waals surface area contributed by atoms with E-state index in [4.69, 9.17) is 5.11 Å². The molecule has 6 heteroatoms. The summed E-state index contributed by atoms with van der Waals surface area (Å²) in [5, 5.41) is 8.96. The van der Waals surface area contributed by atoms with Gasteiger partial charge in [-0.2, -0.15) is 0 Å². The lowest BCUT2D eigenvalue weighted by molar-refractivity contribution is 0.102. The fraction of sp³-hybridized carbons (Fsp3) is 0.846. The predicted molar refractivity (Wildman–Crippen MR) is 75.8 cm³/mol. The highest BCUT2D eigenvalue weighted by molar-refractivity contribution is 7.91. The second-order valence-electron chi connectivity index (χ2n) is 6.45. The molecule has 0 aromatic heterocycles. The Balaban J connectivity index is 2.03. The first-order valence-corrected chi connectivity index (χ1v) is 7.83. The molecule has 0 aromatic carbocycles. The topological polar surface area (TPSA) is 76.0 Å². The summed E-state index contributed by atoms with van der Waals surface area (Å²) >= 11 is -1.20. The highest BCUT2D eigenvalue weighted by Crippen LogP contribution is 2.47. The third-order valence-corrected chi connectivity index (χ3v) is 5.59. The molecule has 1 atom stereocenters. The molecule has 108 valence electrons. The molecule has 0 aromatic rings. The number of hydrogen-bond acceptors (Lipinski definition) is 3. The molecule has 5 nitrogen and oxygen atoms in total. The molecule has 2 aliphatic rings. The van der Waals surface area contributed by atoms with E-state index in [0.29, 0.717) is 13.1 Å². The van der Waals surface area contributed by atoms with Crippen molar-refractivity contribution in [2.24, 2.45) is 9.81 Å². The van der Waals surface area contributed by atoms with Gasteiger partial charge >= 0.3 is 6.09 Å². The van der Waals surface area contributed by atoms with Crippen molar-refractivity contribution in [3.8, 4) is 0 Å². The first kappa shape index (κ1) is 14.7. The van der Waals surface area contributed by atoms with Crippen LogP contribution in [-0.4, -0.2) is 44.2 Å². The van der Waals surface area contributed by atoms with Gasteiger partial charge in [0.05, 0.1) is 5.71 Å². The molecule has 1 aliphatic carbocycles. The maximum atomic E-state index is 12.1. The molecule has 1 N–H and O–H groups in total. The van der Waals surface area contributed by atoms with Crippen molar-refractivity contribution < 1.29 is 14.5 Å². The van der Waals surface area contributed by atoms with Gasteiger partial charge in [-0.05, 0) is 46.5 Å². The van der Waals surface area contributed by atoms with Crippen LogP contribution in [0.1, 0.15) is 46.5 Å². The van der Waals surface area contributed by atoms with Crippen LogP contribution in [0.4, 0.5) is 4.79 Å². The van der Waals surface area contributed by atoms with Crippen LogP contribution in [0, 0.1) is 5.41 Å². The number of hydrogen-bond donors (Lipinski definition) is 1. The number of carboxylic acid groups (broad SMARTS) is 1. The summed E-state index contributed by atoms with van der Waals surface area (Å²) in [6.45, 7) is 6.90. The van der Waals surface area contributed by atoms with Crippen LogP contribution in [-0.2, 0) is 11.4 Å². The van der Waals surface area contributed by atoms with E-state index in [1.807, 2.05) is 20.8 Å². The van der Waals surface area contributed by atoms with Crippen LogP contribution < -0.4 is 0 Å². The molecule has 0 bridgehead atoms. The molecular weight excluding hydrogens is 264 g/mol. The van der Waals surface area contributed by atoms with Gasteiger partial charge in [0.1, 0.15) is 16.1 Å². The molecule has 1 spiro atoms. The lowest BCUT2D eigenvalue weighted by atomic mass is 9.61. The number of rotatable bonds is 1. The molecule has 19 heavy (non-hydrogen) atoms. The molecule has 0 radical (unpaired) electrons. The average Bonchev–Trinajstić information content (AvgIpc) is 2.33. The largest absolute Gasteiger partial charge is 0.591 e. The van der Waals surface area contributed by atoms with Gasteiger partial charge in [0, 0.05) is 18.5 Å².